The molecule has 0 aliphatic rings. The minimum atomic E-state index is -4.48. The van der Waals surface area contributed by atoms with Gasteiger partial charge in [0.05, 0.1) is 22.7 Å². The van der Waals surface area contributed by atoms with Gasteiger partial charge < -0.3 is 10.1 Å². The number of aromatic amines is 1. The van der Waals surface area contributed by atoms with Crippen molar-refractivity contribution >= 4 is 10.9 Å². The number of nitrogens with zero attached hydrogens (tertiary/aromatic N) is 1. The number of alkyl halides is 3. The van der Waals surface area contributed by atoms with Crippen molar-refractivity contribution in [3.05, 3.63) is 66.1 Å². The van der Waals surface area contributed by atoms with E-state index in [9.17, 15) is 18.3 Å². The number of pyridine rings is 1. The molecular weight excluding hydrogens is 341 g/mol. The number of hydrogen-bond donors (Lipinski definition) is 2. The molecular formula is C20H21F3N2O. The van der Waals surface area contributed by atoms with Crippen molar-refractivity contribution in [2.45, 2.75) is 43.9 Å². The molecule has 0 aliphatic carbocycles. The van der Waals surface area contributed by atoms with Crippen LogP contribution < -0.4 is 0 Å². The van der Waals surface area contributed by atoms with Crippen LogP contribution >= 0.6 is 0 Å². The third-order valence-corrected chi connectivity index (χ3v) is 4.82. The molecule has 0 aliphatic heterocycles. The highest BCUT2D eigenvalue weighted by atomic mass is 19.4. The maximum atomic E-state index is 13.9. The Morgan fingerprint density at radius 2 is 1.77 bits per heavy atom. The Labute approximate surface area is 149 Å². The van der Waals surface area contributed by atoms with E-state index in [0.29, 0.717) is 5.69 Å². The van der Waals surface area contributed by atoms with Gasteiger partial charge in [0, 0.05) is 23.7 Å². The van der Waals surface area contributed by atoms with Crippen LogP contribution in [0.25, 0.3) is 10.9 Å². The minimum absolute atomic E-state index is 0.0835. The van der Waals surface area contributed by atoms with Crippen molar-refractivity contribution in [3.63, 3.8) is 0 Å². The van der Waals surface area contributed by atoms with Gasteiger partial charge >= 0.3 is 6.18 Å². The van der Waals surface area contributed by atoms with E-state index in [2.05, 4.69) is 9.97 Å². The summed E-state index contributed by atoms with van der Waals surface area (Å²) in [5.41, 5.74) is -2.08. The van der Waals surface area contributed by atoms with Crippen LogP contribution in [0.1, 0.15) is 31.5 Å². The zero-order valence-corrected chi connectivity index (χ0v) is 14.6. The van der Waals surface area contributed by atoms with Crippen molar-refractivity contribution in [2.24, 2.45) is 0 Å². The second-order valence-electron chi connectivity index (χ2n) is 7.30. The molecule has 2 aromatic heterocycles. The van der Waals surface area contributed by atoms with Crippen molar-refractivity contribution < 1.29 is 18.3 Å². The van der Waals surface area contributed by atoms with E-state index in [1.54, 1.807) is 30.6 Å². The first-order valence-electron chi connectivity index (χ1n) is 8.37. The lowest BCUT2D eigenvalue weighted by Gasteiger charge is -2.38. The Morgan fingerprint density at radius 1 is 1.08 bits per heavy atom. The van der Waals surface area contributed by atoms with Gasteiger partial charge in [-0.15, -0.1) is 0 Å². The molecule has 138 valence electrons. The average Bonchev–Trinajstić information content (AvgIpc) is 2.95. The quantitative estimate of drug-likeness (QED) is 0.687. The fraction of sp³-hybridized carbons (Fsp3) is 0.350. The third-order valence-electron chi connectivity index (χ3n) is 4.82. The van der Waals surface area contributed by atoms with Crippen LogP contribution in [0, 0.1) is 0 Å². The number of benzene rings is 1. The van der Waals surface area contributed by atoms with E-state index in [0.717, 1.165) is 17.8 Å². The van der Waals surface area contributed by atoms with E-state index in [-0.39, 0.29) is 12.0 Å². The van der Waals surface area contributed by atoms with E-state index in [4.69, 9.17) is 0 Å². The fourth-order valence-electron chi connectivity index (χ4n) is 3.53. The van der Waals surface area contributed by atoms with E-state index in [1.807, 2.05) is 12.1 Å². The lowest BCUT2D eigenvalue weighted by molar-refractivity contribution is -0.199. The van der Waals surface area contributed by atoms with Crippen LogP contribution in [-0.4, -0.2) is 26.9 Å². The highest BCUT2D eigenvalue weighted by Gasteiger charge is 2.54. The molecule has 2 N–H and O–H groups in total. The molecule has 0 saturated carbocycles. The lowest BCUT2D eigenvalue weighted by Crippen LogP contribution is -2.46. The largest absolute Gasteiger partial charge is 0.398 e. The molecule has 0 spiro atoms. The number of fused-ring (bicyclic) bond motifs is 1. The number of aromatic nitrogens is 2. The second kappa shape index (κ2) is 6.43. The third kappa shape index (κ3) is 3.60. The Kier molecular flexibility index (Phi) is 4.56. The number of hydrogen-bond acceptors (Lipinski definition) is 2. The summed E-state index contributed by atoms with van der Waals surface area (Å²) in [6.45, 7) is 2.59. The maximum Gasteiger partial charge on any atom is 0.398 e. The molecule has 26 heavy (non-hydrogen) atoms. The van der Waals surface area contributed by atoms with Crippen LogP contribution in [0.3, 0.4) is 0 Å². The molecule has 6 heteroatoms. The van der Waals surface area contributed by atoms with Crippen LogP contribution in [0.15, 0.2) is 54.9 Å². The Bertz CT molecular complexity index is 854. The first-order chi connectivity index (χ1) is 12.1. The summed E-state index contributed by atoms with van der Waals surface area (Å²) in [4.78, 5) is 7.12. The molecule has 3 nitrogen and oxygen atoms in total. The minimum Gasteiger partial charge on any atom is -0.390 e. The highest BCUT2D eigenvalue weighted by Crippen LogP contribution is 2.46. The van der Waals surface area contributed by atoms with Crippen molar-refractivity contribution in [3.8, 4) is 0 Å². The Balaban J connectivity index is 1.89. The van der Waals surface area contributed by atoms with Gasteiger partial charge in [0.1, 0.15) is 0 Å². The molecule has 2 heterocycles. The number of H-pyrrole nitrogens is 1. The molecule has 0 fully saturated rings. The predicted octanol–water partition coefficient (Wildman–Crippen LogP) is 4.77. The fourth-order valence-corrected chi connectivity index (χ4v) is 3.53. The number of rotatable bonds is 5. The molecule has 3 aromatic rings. The Morgan fingerprint density at radius 3 is 2.38 bits per heavy atom. The van der Waals surface area contributed by atoms with Gasteiger partial charge in [0.25, 0.3) is 0 Å². The maximum absolute atomic E-state index is 13.9. The highest BCUT2D eigenvalue weighted by molar-refractivity contribution is 5.79. The summed E-state index contributed by atoms with van der Waals surface area (Å²) in [5, 5.41) is 11.7. The summed E-state index contributed by atoms with van der Waals surface area (Å²) in [6, 6.07) is 11.4. The summed E-state index contributed by atoms with van der Waals surface area (Å²) < 4.78 is 41.7. The number of aliphatic hydroxyl groups is 1. The monoisotopic (exact) mass is 362 g/mol. The predicted molar refractivity (Wildman–Crippen MR) is 94.9 cm³/mol. The van der Waals surface area contributed by atoms with Gasteiger partial charge in [-0.25, -0.2) is 0 Å². The summed E-state index contributed by atoms with van der Waals surface area (Å²) >= 11 is 0. The second-order valence-corrected chi connectivity index (χ2v) is 7.30. The zero-order valence-electron chi connectivity index (χ0n) is 14.6. The SMILES string of the molecule is CC(O)(Cc1cc2ccncc2[nH]1)CC(C)(c1ccccc1)C(F)(F)F. The average molecular weight is 362 g/mol. The first kappa shape index (κ1) is 18.5. The lowest BCUT2D eigenvalue weighted by atomic mass is 9.72. The standard InChI is InChI=1S/C20H21F3N2O/c1-18(26,11-16-10-14-8-9-24-12-17(14)25-16)13-19(2,20(21,22)23)15-6-4-3-5-7-15/h3-10,12,25-26H,11,13H2,1-2H3. The molecule has 2 atom stereocenters. The van der Waals surface area contributed by atoms with Crippen molar-refractivity contribution in [1.29, 1.82) is 0 Å². The van der Waals surface area contributed by atoms with Crippen LogP contribution in [0.2, 0.25) is 0 Å². The molecule has 0 radical (unpaired) electrons. The topological polar surface area (TPSA) is 48.9 Å². The van der Waals surface area contributed by atoms with Gasteiger partial charge in [-0.2, -0.15) is 13.2 Å². The van der Waals surface area contributed by atoms with Gasteiger partial charge in [-0.05, 0) is 38.0 Å². The van der Waals surface area contributed by atoms with Crippen molar-refractivity contribution in [1.82, 2.24) is 9.97 Å². The van der Waals surface area contributed by atoms with Crippen LogP contribution in [-0.2, 0) is 11.8 Å². The van der Waals surface area contributed by atoms with Crippen LogP contribution in [0.5, 0.6) is 0 Å². The van der Waals surface area contributed by atoms with E-state index >= 15 is 0 Å². The summed E-state index contributed by atoms with van der Waals surface area (Å²) in [7, 11) is 0. The van der Waals surface area contributed by atoms with Gasteiger partial charge in [0.15, 0.2) is 0 Å². The molecule has 3 rings (SSSR count). The normalized spacial score (nSPS) is 17.0. The van der Waals surface area contributed by atoms with Crippen molar-refractivity contribution in [2.75, 3.05) is 0 Å². The first-order valence-corrected chi connectivity index (χ1v) is 8.37. The Hall–Kier alpha value is -2.34. The molecule has 0 saturated heterocycles. The number of nitrogens with one attached hydrogen (secondary N) is 1. The number of halogens is 3. The molecule has 0 bridgehead atoms. The van der Waals surface area contributed by atoms with Gasteiger partial charge in [-0.1, -0.05) is 30.3 Å². The van der Waals surface area contributed by atoms with Gasteiger partial charge in [-0.3, -0.25) is 4.98 Å². The van der Waals surface area contributed by atoms with Gasteiger partial charge in [0.2, 0.25) is 0 Å². The zero-order chi connectivity index (χ0) is 19.0. The van der Waals surface area contributed by atoms with E-state index in [1.165, 1.54) is 19.1 Å². The molecule has 0 amide bonds. The molecule has 2 unspecified atom stereocenters. The van der Waals surface area contributed by atoms with E-state index < -0.39 is 23.6 Å². The smallest absolute Gasteiger partial charge is 0.390 e. The summed E-state index contributed by atoms with van der Waals surface area (Å²) in [6.07, 6.45) is -1.55. The summed E-state index contributed by atoms with van der Waals surface area (Å²) in [5.74, 6) is 0. The van der Waals surface area contributed by atoms with Crippen LogP contribution in [0.4, 0.5) is 13.2 Å². The molecule has 1 aromatic carbocycles.